The maximum Gasteiger partial charge on any atom is 0.224 e. The molecule has 0 aliphatic carbocycles. The van der Waals surface area contributed by atoms with E-state index < -0.39 is 0 Å². The van der Waals surface area contributed by atoms with Gasteiger partial charge in [-0.2, -0.15) is 4.98 Å². The van der Waals surface area contributed by atoms with Gasteiger partial charge in [0.1, 0.15) is 11.2 Å². The summed E-state index contributed by atoms with van der Waals surface area (Å²) in [6.07, 6.45) is 1.91. The molecule has 5 heteroatoms. The van der Waals surface area contributed by atoms with E-state index in [0.717, 1.165) is 22.5 Å². The minimum absolute atomic E-state index is 0.255. The van der Waals surface area contributed by atoms with Gasteiger partial charge in [-0.1, -0.05) is 6.07 Å². The van der Waals surface area contributed by atoms with Crippen LogP contribution in [0, 0.1) is 6.92 Å². The van der Waals surface area contributed by atoms with Crippen molar-refractivity contribution in [3.05, 3.63) is 35.4 Å². The van der Waals surface area contributed by atoms with Crippen LogP contribution >= 0.6 is 11.6 Å². The van der Waals surface area contributed by atoms with Crippen LogP contribution in [0.1, 0.15) is 5.69 Å². The van der Waals surface area contributed by atoms with Crippen molar-refractivity contribution in [3.8, 4) is 0 Å². The van der Waals surface area contributed by atoms with Gasteiger partial charge in [-0.15, -0.1) is 0 Å². The van der Waals surface area contributed by atoms with E-state index >= 15 is 0 Å². The topological polar surface area (TPSA) is 43.1 Å². The van der Waals surface area contributed by atoms with Gasteiger partial charge in [0, 0.05) is 6.20 Å². The number of imidazole rings is 1. The lowest BCUT2D eigenvalue weighted by molar-refractivity contribution is 1.11. The summed E-state index contributed by atoms with van der Waals surface area (Å²) in [5.74, 6) is 0. The van der Waals surface area contributed by atoms with Gasteiger partial charge < -0.3 is 0 Å². The summed E-state index contributed by atoms with van der Waals surface area (Å²) in [4.78, 5) is 12.7. The van der Waals surface area contributed by atoms with Crippen LogP contribution in [-0.2, 0) is 0 Å². The fourth-order valence-electron chi connectivity index (χ4n) is 1.64. The third-order valence-corrected chi connectivity index (χ3v) is 2.47. The number of aryl methyl sites for hydroxylation is 1. The number of hydrogen-bond acceptors (Lipinski definition) is 3. The highest BCUT2D eigenvalue weighted by Crippen LogP contribution is 2.18. The molecule has 3 aromatic heterocycles. The number of halogens is 1. The Morgan fingerprint density at radius 2 is 2.07 bits per heavy atom. The van der Waals surface area contributed by atoms with E-state index in [4.69, 9.17) is 11.6 Å². The van der Waals surface area contributed by atoms with Crippen molar-refractivity contribution < 1.29 is 0 Å². The van der Waals surface area contributed by atoms with Crippen molar-refractivity contribution in [1.82, 2.24) is 19.4 Å². The van der Waals surface area contributed by atoms with Gasteiger partial charge >= 0.3 is 0 Å². The van der Waals surface area contributed by atoms with E-state index in [-0.39, 0.29) is 5.28 Å². The minimum Gasteiger partial charge on any atom is -0.284 e. The lowest BCUT2D eigenvalue weighted by Crippen LogP contribution is -1.90. The van der Waals surface area contributed by atoms with Gasteiger partial charge in [-0.05, 0) is 30.7 Å². The Balaban J connectivity index is 2.61. The molecule has 3 rings (SSSR count). The molecule has 0 spiro atoms. The molecular weight excluding hydrogens is 212 g/mol. The lowest BCUT2D eigenvalue weighted by atomic mass is 10.4. The van der Waals surface area contributed by atoms with Gasteiger partial charge in [0.15, 0.2) is 5.65 Å². The van der Waals surface area contributed by atoms with Crippen LogP contribution in [0.3, 0.4) is 0 Å². The molecule has 0 saturated heterocycles. The molecule has 3 aromatic rings. The second-order valence-corrected chi connectivity index (χ2v) is 3.63. The zero-order valence-corrected chi connectivity index (χ0v) is 8.73. The minimum atomic E-state index is 0.255. The van der Waals surface area contributed by atoms with Crippen LogP contribution in [0.2, 0.25) is 5.28 Å². The molecule has 4 nitrogen and oxygen atoms in total. The van der Waals surface area contributed by atoms with Gasteiger partial charge in [0.05, 0.1) is 5.69 Å². The molecule has 0 saturated carbocycles. The van der Waals surface area contributed by atoms with E-state index in [1.807, 2.05) is 35.7 Å². The first-order valence-electron chi connectivity index (χ1n) is 4.52. The summed E-state index contributed by atoms with van der Waals surface area (Å²) in [5, 5.41) is 0.255. The SMILES string of the molecule is Cc1nc(Cl)nc2c1nc1ccccn12. The average molecular weight is 219 g/mol. The Morgan fingerprint density at radius 3 is 2.93 bits per heavy atom. The summed E-state index contributed by atoms with van der Waals surface area (Å²) >= 11 is 5.82. The molecule has 0 atom stereocenters. The smallest absolute Gasteiger partial charge is 0.224 e. The molecule has 0 N–H and O–H groups in total. The normalized spacial score (nSPS) is 11.3. The van der Waals surface area contributed by atoms with Gasteiger partial charge in [-0.3, -0.25) is 4.40 Å². The highest BCUT2D eigenvalue weighted by Gasteiger charge is 2.09. The standard InChI is InChI=1S/C10H7ClN4/c1-6-8-9(14-10(11)12-6)15-5-3-2-4-7(15)13-8/h2-5H,1H3. The van der Waals surface area contributed by atoms with Gasteiger partial charge in [-0.25, -0.2) is 9.97 Å². The molecule has 0 aliphatic rings. The lowest BCUT2D eigenvalue weighted by Gasteiger charge is -1.95. The third kappa shape index (κ3) is 1.18. The third-order valence-electron chi connectivity index (χ3n) is 2.31. The molecule has 0 aromatic carbocycles. The van der Waals surface area contributed by atoms with Crippen LogP contribution in [0.4, 0.5) is 0 Å². The number of pyridine rings is 1. The average Bonchev–Trinajstić information content (AvgIpc) is 2.57. The molecular formula is C10H7ClN4. The van der Waals surface area contributed by atoms with E-state index in [1.54, 1.807) is 0 Å². The molecule has 0 radical (unpaired) electrons. The number of aromatic nitrogens is 4. The van der Waals surface area contributed by atoms with Crippen molar-refractivity contribution in [3.63, 3.8) is 0 Å². The van der Waals surface area contributed by atoms with Crippen molar-refractivity contribution in [2.24, 2.45) is 0 Å². The molecule has 0 bridgehead atoms. The monoisotopic (exact) mass is 218 g/mol. The maximum absolute atomic E-state index is 5.82. The van der Waals surface area contributed by atoms with E-state index in [0.29, 0.717) is 0 Å². The molecule has 0 aliphatic heterocycles. The van der Waals surface area contributed by atoms with Crippen molar-refractivity contribution >= 4 is 28.4 Å². The summed E-state index contributed by atoms with van der Waals surface area (Å²) in [6, 6.07) is 5.79. The Morgan fingerprint density at radius 1 is 1.20 bits per heavy atom. The number of rotatable bonds is 0. The first kappa shape index (κ1) is 8.61. The molecule has 0 amide bonds. The first-order chi connectivity index (χ1) is 7.25. The fraction of sp³-hybridized carbons (Fsp3) is 0.100. The summed E-state index contributed by atoms with van der Waals surface area (Å²) in [7, 11) is 0. The fourth-order valence-corrected chi connectivity index (χ4v) is 1.84. The molecule has 74 valence electrons. The number of fused-ring (bicyclic) bond motifs is 3. The first-order valence-corrected chi connectivity index (χ1v) is 4.90. The zero-order valence-electron chi connectivity index (χ0n) is 7.98. The Hall–Kier alpha value is -1.68. The Bertz CT molecular complexity index is 659. The second kappa shape index (κ2) is 2.90. The van der Waals surface area contributed by atoms with Crippen LogP contribution < -0.4 is 0 Å². The summed E-state index contributed by atoms with van der Waals surface area (Å²) in [6.45, 7) is 1.88. The van der Waals surface area contributed by atoms with Crippen molar-refractivity contribution in [2.45, 2.75) is 6.92 Å². The molecule has 3 heterocycles. The quantitative estimate of drug-likeness (QED) is 0.544. The zero-order chi connectivity index (χ0) is 10.4. The van der Waals surface area contributed by atoms with E-state index in [2.05, 4.69) is 15.0 Å². The Kier molecular flexibility index (Phi) is 1.67. The van der Waals surface area contributed by atoms with Crippen LogP contribution in [0.15, 0.2) is 24.4 Å². The molecule has 15 heavy (non-hydrogen) atoms. The number of hydrogen-bond donors (Lipinski definition) is 0. The molecule has 0 fully saturated rings. The predicted octanol–water partition coefficient (Wildman–Crippen LogP) is 2.24. The van der Waals surface area contributed by atoms with Crippen molar-refractivity contribution in [1.29, 1.82) is 0 Å². The highest BCUT2D eigenvalue weighted by atomic mass is 35.5. The predicted molar refractivity (Wildman–Crippen MR) is 58.0 cm³/mol. The summed E-state index contributed by atoms with van der Waals surface area (Å²) in [5.41, 5.74) is 3.20. The van der Waals surface area contributed by atoms with Crippen LogP contribution in [-0.4, -0.2) is 19.4 Å². The number of nitrogens with zero attached hydrogens (tertiary/aromatic N) is 4. The largest absolute Gasteiger partial charge is 0.284 e. The van der Waals surface area contributed by atoms with Crippen LogP contribution in [0.5, 0.6) is 0 Å². The summed E-state index contributed by atoms with van der Waals surface area (Å²) < 4.78 is 1.90. The van der Waals surface area contributed by atoms with Gasteiger partial charge in [0.2, 0.25) is 5.28 Å². The van der Waals surface area contributed by atoms with E-state index in [9.17, 15) is 0 Å². The maximum atomic E-state index is 5.82. The molecule has 0 unspecified atom stereocenters. The second-order valence-electron chi connectivity index (χ2n) is 3.29. The van der Waals surface area contributed by atoms with E-state index in [1.165, 1.54) is 0 Å². The van der Waals surface area contributed by atoms with Crippen LogP contribution in [0.25, 0.3) is 16.8 Å². The van der Waals surface area contributed by atoms with Gasteiger partial charge in [0.25, 0.3) is 0 Å². The van der Waals surface area contributed by atoms with Crippen molar-refractivity contribution in [2.75, 3.05) is 0 Å². The Labute approximate surface area is 90.6 Å². The highest BCUT2D eigenvalue weighted by molar-refractivity contribution is 6.28.